The topological polar surface area (TPSA) is 64.4 Å². The molecule has 0 bridgehead atoms. The fourth-order valence-corrected chi connectivity index (χ4v) is 1.59. The van der Waals surface area contributed by atoms with Gasteiger partial charge in [0, 0.05) is 5.69 Å². The van der Waals surface area contributed by atoms with E-state index in [9.17, 15) is 4.79 Å². The summed E-state index contributed by atoms with van der Waals surface area (Å²) in [5, 5.41) is 2.80. The van der Waals surface area contributed by atoms with Gasteiger partial charge in [-0.25, -0.2) is 0 Å². The molecule has 0 aliphatic heterocycles. The number of benzene rings is 1. The monoisotopic (exact) mass is 250 g/mol. The molecule has 1 amide bonds. The Labute approximate surface area is 109 Å². The van der Waals surface area contributed by atoms with Crippen molar-refractivity contribution in [3.05, 3.63) is 24.3 Å². The highest BCUT2D eigenvalue weighted by Crippen LogP contribution is 2.15. The van der Waals surface area contributed by atoms with Gasteiger partial charge in [-0.3, -0.25) is 4.79 Å². The van der Waals surface area contributed by atoms with E-state index in [4.69, 9.17) is 10.5 Å². The van der Waals surface area contributed by atoms with Crippen molar-refractivity contribution in [2.75, 3.05) is 11.9 Å². The molecule has 18 heavy (non-hydrogen) atoms. The first kappa shape index (κ1) is 14.5. The van der Waals surface area contributed by atoms with Gasteiger partial charge in [0.05, 0.1) is 12.6 Å². The predicted octanol–water partition coefficient (Wildman–Crippen LogP) is 2.54. The first-order chi connectivity index (χ1) is 8.67. The number of anilines is 1. The lowest BCUT2D eigenvalue weighted by Gasteiger charge is -2.12. The van der Waals surface area contributed by atoms with Crippen LogP contribution in [-0.2, 0) is 4.79 Å². The van der Waals surface area contributed by atoms with Gasteiger partial charge in [-0.2, -0.15) is 0 Å². The van der Waals surface area contributed by atoms with E-state index in [1.807, 2.05) is 31.2 Å². The Bertz CT molecular complexity index is 363. The molecule has 0 radical (unpaired) electrons. The van der Waals surface area contributed by atoms with Crippen molar-refractivity contribution in [3.8, 4) is 5.75 Å². The third kappa shape index (κ3) is 4.75. The van der Waals surface area contributed by atoms with Crippen LogP contribution < -0.4 is 15.8 Å². The van der Waals surface area contributed by atoms with E-state index in [0.29, 0.717) is 6.61 Å². The lowest BCUT2D eigenvalue weighted by molar-refractivity contribution is -0.117. The van der Waals surface area contributed by atoms with Crippen LogP contribution in [0.3, 0.4) is 0 Å². The highest BCUT2D eigenvalue weighted by molar-refractivity contribution is 5.94. The molecule has 1 unspecified atom stereocenters. The van der Waals surface area contributed by atoms with Crippen molar-refractivity contribution < 1.29 is 9.53 Å². The molecule has 0 aromatic heterocycles. The average Bonchev–Trinajstić information content (AvgIpc) is 2.38. The van der Waals surface area contributed by atoms with E-state index in [0.717, 1.165) is 30.7 Å². The van der Waals surface area contributed by atoms with Crippen molar-refractivity contribution in [1.29, 1.82) is 0 Å². The minimum absolute atomic E-state index is 0.132. The largest absolute Gasteiger partial charge is 0.494 e. The minimum Gasteiger partial charge on any atom is -0.494 e. The van der Waals surface area contributed by atoms with Crippen molar-refractivity contribution in [3.63, 3.8) is 0 Å². The van der Waals surface area contributed by atoms with E-state index >= 15 is 0 Å². The zero-order valence-electron chi connectivity index (χ0n) is 11.1. The van der Waals surface area contributed by atoms with E-state index in [2.05, 4.69) is 12.2 Å². The smallest absolute Gasteiger partial charge is 0.241 e. The van der Waals surface area contributed by atoms with Gasteiger partial charge in [0.15, 0.2) is 0 Å². The second-order valence-corrected chi connectivity index (χ2v) is 4.20. The Hall–Kier alpha value is -1.55. The van der Waals surface area contributed by atoms with Crippen LogP contribution in [0.15, 0.2) is 24.3 Å². The Morgan fingerprint density at radius 3 is 2.56 bits per heavy atom. The number of hydrogen-bond donors (Lipinski definition) is 2. The number of ether oxygens (including phenoxy) is 1. The van der Waals surface area contributed by atoms with E-state index < -0.39 is 6.04 Å². The Kier molecular flexibility index (Phi) is 6.22. The summed E-state index contributed by atoms with van der Waals surface area (Å²) in [6.45, 7) is 4.65. The van der Waals surface area contributed by atoms with Crippen molar-refractivity contribution in [2.24, 2.45) is 5.73 Å². The van der Waals surface area contributed by atoms with Crippen LogP contribution in [0.5, 0.6) is 5.75 Å². The van der Waals surface area contributed by atoms with Gasteiger partial charge in [0.25, 0.3) is 0 Å². The Balaban J connectivity index is 2.48. The van der Waals surface area contributed by atoms with Gasteiger partial charge in [-0.05, 0) is 37.6 Å². The van der Waals surface area contributed by atoms with Crippen LogP contribution in [0, 0.1) is 0 Å². The van der Waals surface area contributed by atoms with E-state index in [-0.39, 0.29) is 5.91 Å². The minimum atomic E-state index is -0.434. The quantitative estimate of drug-likeness (QED) is 0.781. The van der Waals surface area contributed by atoms with Crippen molar-refractivity contribution >= 4 is 11.6 Å². The van der Waals surface area contributed by atoms with Gasteiger partial charge in [0.1, 0.15) is 5.75 Å². The van der Waals surface area contributed by atoms with E-state index in [1.54, 1.807) is 0 Å². The molecule has 4 nitrogen and oxygen atoms in total. The lowest BCUT2D eigenvalue weighted by Crippen LogP contribution is -2.35. The molecular weight excluding hydrogens is 228 g/mol. The van der Waals surface area contributed by atoms with Crippen LogP contribution in [0.2, 0.25) is 0 Å². The molecular formula is C14H22N2O2. The molecule has 0 aliphatic carbocycles. The summed E-state index contributed by atoms with van der Waals surface area (Å²) in [5.41, 5.74) is 6.54. The number of carbonyl (C=O) groups excluding carboxylic acids is 1. The van der Waals surface area contributed by atoms with Crippen LogP contribution >= 0.6 is 0 Å². The second kappa shape index (κ2) is 7.71. The average molecular weight is 250 g/mol. The van der Waals surface area contributed by atoms with Crippen molar-refractivity contribution in [1.82, 2.24) is 0 Å². The zero-order chi connectivity index (χ0) is 13.4. The number of hydrogen-bond acceptors (Lipinski definition) is 3. The Morgan fingerprint density at radius 1 is 1.33 bits per heavy atom. The number of carbonyl (C=O) groups is 1. The molecule has 0 heterocycles. The maximum Gasteiger partial charge on any atom is 0.241 e. The van der Waals surface area contributed by atoms with Crippen LogP contribution in [-0.4, -0.2) is 18.6 Å². The molecule has 1 aromatic carbocycles. The second-order valence-electron chi connectivity index (χ2n) is 4.20. The normalized spacial score (nSPS) is 11.9. The molecule has 0 fully saturated rings. The summed E-state index contributed by atoms with van der Waals surface area (Å²) in [6, 6.07) is 6.86. The van der Waals surface area contributed by atoms with Crippen LogP contribution in [0.25, 0.3) is 0 Å². The highest BCUT2D eigenvalue weighted by Gasteiger charge is 2.12. The summed E-state index contributed by atoms with van der Waals surface area (Å²) >= 11 is 0. The fraction of sp³-hybridized carbons (Fsp3) is 0.500. The lowest BCUT2D eigenvalue weighted by atomic mass is 10.1. The van der Waals surface area contributed by atoms with Crippen LogP contribution in [0.4, 0.5) is 5.69 Å². The summed E-state index contributed by atoms with van der Waals surface area (Å²) in [5.74, 6) is 0.665. The standard InChI is InChI=1S/C14H22N2O2/c1-3-5-6-13(15)14(17)16-11-7-9-12(10-8-11)18-4-2/h7-10,13H,3-6,15H2,1-2H3,(H,16,17). The molecule has 1 aromatic rings. The highest BCUT2D eigenvalue weighted by atomic mass is 16.5. The summed E-state index contributed by atoms with van der Waals surface area (Å²) in [4.78, 5) is 11.8. The molecule has 0 aliphatic rings. The number of unbranched alkanes of at least 4 members (excludes halogenated alkanes) is 1. The SMILES string of the molecule is CCCCC(N)C(=O)Nc1ccc(OCC)cc1. The number of amides is 1. The summed E-state index contributed by atoms with van der Waals surface area (Å²) < 4.78 is 5.33. The summed E-state index contributed by atoms with van der Waals surface area (Å²) in [7, 11) is 0. The van der Waals surface area contributed by atoms with Gasteiger partial charge in [-0.15, -0.1) is 0 Å². The fourth-order valence-electron chi connectivity index (χ4n) is 1.59. The number of rotatable bonds is 7. The molecule has 4 heteroatoms. The van der Waals surface area contributed by atoms with Gasteiger partial charge >= 0.3 is 0 Å². The molecule has 1 atom stereocenters. The first-order valence-electron chi connectivity index (χ1n) is 6.46. The summed E-state index contributed by atoms with van der Waals surface area (Å²) in [6.07, 6.45) is 2.74. The predicted molar refractivity (Wildman–Crippen MR) is 73.7 cm³/mol. The molecule has 3 N–H and O–H groups in total. The molecule has 100 valence electrons. The zero-order valence-corrected chi connectivity index (χ0v) is 11.1. The van der Waals surface area contributed by atoms with Gasteiger partial charge < -0.3 is 15.8 Å². The first-order valence-corrected chi connectivity index (χ1v) is 6.46. The van der Waals surface area contributed by atoms with Crippen LogP contribution in [0.1, 0.15) is 33.1 Å². The number of nitrogens with one attached hydrogen (secondary N) is 1. The third-order valence-electron chi connectivity index (χ3n) is 2.64. The van der Waals surface area contributed by atoms with Gasteiger partial charge in [0.2, 0.25) is 5.91 Å². The maximum atomic E-state index is 11.8. The molecule has 0 saturated carbocycles. The maximum absolute atomic E-state index is 11.8. The van der Waals surface area contributed by atoms with Crippen molar-refractivity contribution in [2.45, 2.75) is 39.2 Å². The molecule has 0 saturated heterocycles. The Morgan fingerprint density at radius 2 is 2.00 bits per heavy atom. The third-order valence-corrected chi connectivity index (χ3v) is 2.64. The van der Waals surface area contributed by atoms with Gasteiger partial charge in [-0.1, -0.05) is 19.8 Å². The molecule has 0 spiro atoms. The number of nitrogens with two attached hydrogens (primary N) is 1. The van der Waals surface area contributed by atoms with E-state index in [1.165, 1.54) is 0 Å². The molecule has 1 rings (SSSR count).